The molecule has 0 spiro atoms. The molecule has 0 amide bonds. The molecule has 0 aromatic rings. The van der Waals surface area contributed by atoms with E-state index in [0.717, 1.165) is 24.4 Å². The van der Waals surface area contributed by atoms with Crippen molar-refractivity contribution in [3.63, 3.8) is 0 Å². The molecule has 18 heavy (non-hydrogen) atoms. The van der Waals surface area contributed by atoms with Crippen LogP contribution in [-0.4, -0.2) is 18.6 Å². The van der Waals surface area contributed by atoms with E-state index in [1.165, 1.54) is 44.9 Å². The standard InChI is InChI=1S/C16H32N2/c1-16(2,3)13-8-4-5-9-15(13)18-14-10-6-7-12(14)11-17/h12-15,18H,4-11,17H2,1-3H3. The van der Waals surface area contributed by atoms with Crippen molar-refractivity contribution in [2.75, 3.05) is 6.54 Å². The molecular weight excluding hydrogens is 220 g/mol. The Labute approximate surface area is 113 Å². The topological polar surface area (TPSA) is 38.0 Å². The Morgan fingerprint density at radius 3 is 2.28 bits per heavy atom. The van der Waals surface area contributed by atoms with Crippen LogP contribution in [0.2, 0.25) is 0 Å². The number of nitrogens with one attached hydrogen (secondary N) is 1. The van der Waals surface area contributed by atoms with Gasteiger partial charge < -0.3 is 11.1 Å². The zero-order valence-electron chi connectivity index (χ0n) is 12.5. The monoisotopic (exact) mass is 252 g/mol. The molecule has 2 saturated carbocycles. The minimum absolute atomic E-state index is 0.439. The van der Waals surface area contributed by atoms with Crippen LogP contribution in [0.15, 0.2) is 0 Å². The molecule has 106 valence electrons. The highest BCUT2D eigenvalue weighted by Crippen LogP contribution is 2.39. The molecule has 2 nitrogen and oxygen atoms in total. The summed E-state index contributed by atoms with van der Waals surface area (Å²) in [5.74, 6) is 1.57. The molecule has 0 bridgehead atoms. The fraction of sp³-hybridized carbons (Fsp3) is 1.00. The van der Waals surface area contributed by atoms with E-state index in [9.17, 15) is 0 Å². The van der Waals surface area contributed by atoms with Crippen LogP contribution in [0.25, 0.3) is 0 Å². The minimum atomic E-state index is 0.439. The van der Waals surface area contributed by atoms with Crippen molar-refractivity contribution in [1.29, 1.82) is 0 Å². The molecule has 2 fully saturated rings. The van der Waals surface area contributed by atoms with Gasteiger partial charge in [-0.3, -0.25) is 0 Å². The maximum absolute atomic E-state index is 5.91. The first-order valence-electron chi connectivity index (χ1n) is 7.98. The third-order valence-electron chi connectivity index (χ3n) is 5.27. The van der Waals surface area contributed by atoms with Crippen molar-refractivity contribution in [3.8, 4) is 0 Å². The molecule has 0 aromatic carbocycles. The number of hydrogen-bond donors (Lipinski definition) is 2. The molecule has 0 saturated heterocycles. The lowest BCUT2D eigenvalue weighted by atomic mass is 9.69. The Balaban J connectivity index is 1.97. The molecule has 4 atom stereocenters. The normalized spacial score (nSPS) is 38.0. The lowest BCUT2D eigenvalue weighted by Crippen LogP contribution is -2.50. The highest BCUT2D eigenvalue weighted by atomic mass is 15.0. The maximum Gasteiger partial charge on any atom is 0.0110 e. The fourth-order valence-electron chi connectivity index (χ4n) is 4.18. The van der Waals surface area contributed by atoms with Crippen molar-refractivity contribution in [1.82, 2.24) is 5.32 Å². The van der Waals surface area contributed by atoms with Gasteiger partial charge in [-0.05, 0) is 49.5 Å². The van der Waals surface area contributed by atoms with Gasteiger partial charge in [-0.25, -0.2) is 0 Å². The van der Waals surface area contributed by atoms with Crippen LogP contribution >= 0.6 is 0 Å². The Morgan fingerprint density at radius 2 is 1.61 bits per heavy atom. The minimum Gasteiger partial charge on any atom is -0.330 e. The van der Waals surface area contributed by atoms with E-state index in [1.807, 2.05) is 0 Å². The first kappa shape index (κ1) is 14.3. The Morgan fingerprint density at radius 1 is 0.944 bits per heavy atom. The summed E-state index contributed by atoms with van der Waals surface area (Å²) in [4.78, 5) is 0. The van der Waals surface area contributed by atoms with Crippen molar-refractivity contribution in [3.05, 3.63) is 0 Å². The third kappa shape index (κ3) is 3.27. The summed E-state index contributed by atoms with van der Waals surface area (Å²) in [6.07, 6.45) is 9.65. The van der Waals surface area contributed by atoms with Gasteiger partial charge in [0.1, 0.15) is 0 Å². The van der Waals surface area contributed by atoms with E-state index in [0.29, 0.717) is 11.5 Å². The molecular formula is C16H32N2. The third-order valence-corrected chi connectivity index (χ3v) is 5.27. The van der Waals surface area contributed by atoms with E-state index >= 15 is 0 Å². The van der Waals surface area contributed by atoms with Crippen LogP contribution in [-0.2, 0) is 0 Å². The summed E-state index contributed by atoms with van der Waals surface area (Å²) in [6, 6.07) is 1.43. The quantitative estimate of drug-likeness (QED) is 0.809. The van der Waals surface area contributed by atoms with Crippen molar-refractivity contribution in [2.45, 2.75) is 77.8 Å². The second kappa shape index (κ2) is 5.92. The van der Waals surface area contributed by atoms with Gasteiger partial charge in [0.15, 0.2) is 0 Å². The predicted molar refractivity (Wildman–Crippen MR) is 78.5 cm³/mol. The zero-order valence-corrected chi connectivity index (χ0v) is 12.5. The second-order valence-electron chi connectivity index (χ2n) is 7.56. The molecule has 0 aromatic heterocycles. The first-order chi connectivity index (χ1) is 8.52. The molecule has 4 unspecified atom stereocenters. The van der Waals surface area contributed by atoms with Crippen LogP contribution in [0.5, 0.6) is 0 Å². The van der Waals surface area contributed by atoms with Gasteiger partial charge in [-0.1, -0.05) is 40.0 Å². The van der Waals surface area contributed by atoms with Crippen LogP contribution in [0.1, 0.15) is 65.7 Å². The molecule has 2 aliphatic carbocycles. The lowest BCUT2D eigenvalue weighted by Gasteiger charge is -2.42. The summed E-state index contributed by atoms with van der Waals surface area (Å²) in [5.41, 5.74) is 6.35. The number of nitrogens with two attached hydrogens (primary N) is 1. The number of rotatable bonds is 3. The van der Waals surface area contributed by atoms with Crippen molar-refractivity contribution < 1.29 is 0 Å². The van der Waals surface area contributed by atoms with Crippen LogP contribution in [0.4, 0.5) is 0 Å². The summed E-state index contributed by atoms with van der Waals surface area (Å²) in [5, 5.41) is 4.00. The highest BCUT2D eigenvalue weighted by Gasteiger charge is 2.37. The molecule has 0 aliphatic heterocycles. The van der Waals surface area contributed by atoms with Gasteiger partial charge in [0, 0.05) is 12.1 Å². The smallest absolute Gasteiger partial charge is 0.0110 e. The van der Waals surface area contributed by atoms with Gasteiger partial charge >= 0.3 is 0 Å². The molecule has 0 radical (unpaired) electrons. The van der Waals surface area contributed by atoms with Gasteiger partial charge in [-0.15, -0.1) is 0 Å². The average molecular weight is 252 g/mol. The second-order valence-corrected chi connectivity index (χ2v) is 7.56. The zero-order chi connectivity index (χ0) is 13.2. The largest absolute Gasteiger partial charge is 0.330 e. The van der Waals surface area contributed by atoms with E-state index in [1.54, 1.807) is 0 Å². The lowest BCUT2D eigenvalue weighted by molar-refractivity contribution is 0.118. The average Bonchev–Trinajstić information content (AvgIpc) is 2.75. The maximum atomic E-state index is 5.91. The fourth-order valence-corrected chi connectivity index (χ4v) is 4.18. The molecule has 2 rings (SSSR count). The number of hydrogen-bond acceptors (Lipinski definition) is 2. The SMILES string of the molecule is CC(C)(C)C1CCCCC1NC1CCCC1CN. The predicted octanol–water partition coefficient (Wildman–Crippen LogP) is 3.31. The van der Waals surface area contributed by atoms with E-state index in [2.05, 4.69) is 26.1 Å². The van der Waals surface area contributed by atoms with Crippen molar-refractivity contribution in [2.24, 2.45) is 23.0 Å². The highest BCUT2D eigenvalue weighted by molar-refractivity contribution is 4.93. The summed E-state index contributed by atoms with van der Waals surface area (Å²) >= 11 is 0. The Kier molecular flexibility index (Phi) is 4.71. The summed E-state index contributed by atoms with van der Waals surface area (Å²) in [6.45, 7) is 8.09. The summed E-state index contributed by atoms with van der Waals surface area (Å²) < 4.78 is 0. The summed E-state index contributed by atoms with van der Waals surface area (Å²) in [7, 11) is 0. The van der Waals surface area contributed by atoms with Gasteiger partial charge in [0.05, 0.1) is 0 Å². The Bertz CT molecular complexity index is 256. The Hall–Kier alpha value is -0.0800. The molecule has 3 N–H and O–H groups in total. The molecule has 0 heterocycles. The molecule has 2 heteroatoms. The van der Waals surface area contributed by atoms with Crippen LogP contribution < -0.4 is 11.1 Å². The van der Waals surface area contributed by atoms with Crippen molar-refractivity contribution >= 4 is 0 Å². The molecule has 2 aliphatic rings. The van der Waals surface area contributed by atoms with Gasteiger partial charge in [0.25, 0.3) is 0 Å². The van der Waals surface area contributed by atoms with E-state index in [-0.39, 0.29) is 0 Å². The first-order valence-corrected chi connectivity index (χ1v) is 7.98. The van der Waals surface area contributed by atoms with Gasteiger partial charge in [-0.2, -0.15) is 0 Å². The van der Waals surface area contributed by atoms with E-state index < -0.39 is 0 Å². The van der Waals surface area contributed by atoms with Crippen LogP contribution in [0, 0.1) is 17.3 Å². The van der Waals surface area contributed by atoms with E-state index in [4.69, 9.17) is 5.73 Å². The van der Waals surface area contributed by atoms with Crippen LogP contribution in [0.3, 0.4) is 0 Å². The van der Waals surface area contributed by atoms with Gasteiger partial charge in [0.2, 0.25) is 0 Å².